The normalized spacial score (nSPS) is 22.3. The molecule has 1 N–H and O–H groups in total. The minimum Gasteiger partial charge on any atom is -0.369 e. The maximum Gasteiger partial charge on any atom is 0.287 e. The Hall–Kier alpha value is -3.88. The number of hydrogen-bond donors (Lipinski definition) is 1. The smallest absolute Gasteiger partial charge is 0.287 e. The molecule has 8 heteroatoms. The molecular formula is C25H25N8+. The van der Waals surface area contributed by atoms with E-state index in [2.05, 4.69) is 68.5 Å². The van der Waals surface area contributed by atoms with E-state index < -0.39 is 0 Å². The van der Waals surface area contributed by atoms with E-state index in [9.17, 15) is 0 Å². The topological polar surface area (TPSA) is 68.5 Å². The number of likely N-dealkylation sites (N-methyl/N-ethyl adjacent to an activating group) is 1. The summed E-state index contributed by atoms with van der Waals surface area (Å²) in [6.45, 7) is 4.28. The second-order valence-electron chi connectivity index (χ2n) is 8.50. The molecule has 2 aromatic carbocycles. The Morgan fingerprint density at radius 1 is 0.970 bits per heavy atom. The largest absolute Gasteiger partial charge is 0.369 e. The first kappa shape index (κ1) is 19.8. The molecule has 0 amide bonds. The standard InChI is InChI=1S/C25H25N8/c1-31-11-13-32(14-12-31)21-8-6-20(7-9-21)28-25-29-24-18-26-10-15-33(24,30-25)22-16-19-4-2-3-5-23(19)27-17-22/h2-10,15-18H,11-14H2,1H3,(H,28,30)/q+1. The summed E-state index contributed by atoms with van der Waals surface area (Å²) in [5.41, 5.74) is 4.06. The molecule has 6 rings (SSSR count). The Kier molecular flexibility index (Phi) is 4.74. The summed E-state index contributed by atoms with van der Waals surface area (Å²) in [4.78, 5) is 18.4. The number of piperazine rings is 1. The fourth-order valence-electron chi connectivity index (χ4n) is 4.40. The molecule has 1 saturated heterocycles. The van der Waals surface area contributed by atoms with Gasteiger partial charge in [0.15, 0.2) is 11.9 Å². The van der Waals surface area contributed by atoms with E-state index in [1.807, 2.05) is 30.6 Å². The molecule has 1 atom stereocenters. The van der Waals surface area contributed by atoms with Gasteiger partial charge in [-0.3, -0.25) is 4.99 Å². The van der Waals surface area contributed by atoms with Crippen LogP contribution in [0.15, 0.2) is 88.3 Å². The summed E-state index contributed by atoms with van der Waals surface area (Å²) in [6, 6.07) is 18.7. The lowest BCUT2D eigenvalue weighted by atomic mass is 10.2. The summed E-state index contributed by atoms with van der Waals surface area (Å²) >= 11 is 0. The van der Waals surface area contributed by atoms with E-state index in [0.29, 0.717) is 5.96 Å². The minimum absolute atomic E-state index is 0.114. The van der Waals surface area contributed by atoms with E-state index in [0.717, 1.165) is 54.3 Å². The average Bonchev–Trinajstić information content (AvgIpc) is 3.24. The monoisotopic (exact) mass is 437 g/mol. The molecule has 4 heterocycles. The molecule has 0 saturated carbocycles. The lowest BCUT2D eigenvalue weighted by Crippen LogP contribution is -2.44. The second kappa shape index (κ2) is 7.91. The fourth-order valence-corrected chi connectivity index (χ4v) is 4.40. The molecule has 0 radical (unpaired) electrons. The highest BCUT2D eigenvalue weighted by molar-refractivity contribution is 6.38. The zero-order valence-corrected chi connectivity index (χ0v) is 18.5. The highest BCUT2D eigenvalue weighted by Gasteiger charge is 2.43. The van der Waals surface area contributed by atoms with Crippen LogP contribution < -0.4 is 14.8 Å². The molecule has 3 aliphatic rings. The number of nitrogens with zero attached hydrogens (tertiary/aromatic N) is 7. The van der Waals surface area contributed by atoms with Gasteiger partial charge in [-0.05, 0) is 42.5 Å². The van der Waals surface area contributed by atoms with Crippen LogP contribution >= 0.6 is 0 Å². The van der Waals surface area contributed by atoms with Crippen LogP contribution in [0, 0.1) is 0 Å². The lowest BCUT2D eigenvalue weighted by molar-refractivity contribution is 0.313. The van der Waals surface area contributed by atoms with Gasteiger partial charge in [-0.2, -0.15) is 4.99 Å². The maximum absolute atomic E-state index is 4.94. The van der Waals surface area contributed by atoms with Crippen molar-refractivity contribution in [3.63, 3.8) is 0 Å². The van der Waals surface area contributed by atoms with Crippen molar-refractivity contribution in [2.45, 2.75) is 0 Å². The molecule has 33 heavy (non-hydrogen) atoms. The molecule has 1 fully saturated rings. The molecule has 1 unspecified atom stereocenters. The van der Waals surface area contributed by atoms with Crippen LogP contribution in [0.1, 0.15) is 0 Å². The molecule has 0 aliphatic carbocycles. The first-order valence-electron chi connectivity index (χ1n) is 11.1. The van der Waals surface area contributed by atoms with Crippen molar-refractivity contribution in [1.82, 2.24) is 14.5 Å². The summed E-state index contributed by atoms with van der Waals surface area (Å²) in [6.07, 6.45) is 7.30. The van der Waals surface area contributed by atoms with E-state index >= 15 is 0 Å². The number of anilines is 2. The molecule has 0 bridgehead atoms. The summed E-state index contributed by atoms with van der Waals surface area (Å²) in [5, 5.41) is 9.37. The first-order chi connectivity index (χ1) is 16.2. The number of aliphatic imine (C=N–C) groups is 2. The van der Waals surface area contributed by atoms with Gasteiger partial charge < -0.3 is 15.1 Å². The zero-order valence-electron chi connectivity index (χ0n) is 18.5. The Morgan fingerprint density at radius 3 is 2.64 bits per heavy atom. The number of aromatic nitrogens is 1. The van der Waals surface area contributed by atoms with Gasteiger partial charge in [0.2, 0.25) is 0 Å². The van der Waals surface area contributed by atoms with Gasteiger partial charge in [-0.15, -0.1) is 0 Å². The Labute approximate surface area is 192 Å². The summed E-state index contributed by atoms with van der Waals surface area (Å²) in [7, 11) is 2.17. The van der Waals surface area contributed by atoms with Gasteiger partial charge >= 0.3 is 0 Å². The number of rotatable bonds is 3. The molecule has 0 spiro atoms. The van der Waals surface area contributed by atoms with Crippen molar-refractivity contribution < 1.29 is 0 Å². The number of guanidine groups is 1. The number of quaternary nitrogens is 1. The molecule has 3 aromatic rings. The molecule has 3 aliphatic heterocycles. The minimum atomic E-state index is 0.114. The lowest BCUT2D eigenvalue weighted by Gasteiger charge is -2.34. The summed E-state index contributed by atoms with van der Waals surface area (Å²) in [5.74, 6) is 1.27. The third kappa shape index (κ3) is 3.59. The van der Waals surface area contributed by atoms with Gasteiger partial charge in [0.25, 0.3) is 11.8 Å². The van der Waals surface area contributed by atoms with Crippen LogP contribution in [-0.2, 0) is 0 Å². The number of amidine groups is 1. The van der Waals surface area contributed by atoms with Crippen LogP contribution in [0.25, 0.3) is 10.9 Å². The van der Waals surface area contributed by atoms with E-state index in [1.165, 1.54) is 5.69 Å². The van der Waals surface area contributed by atoms with Crippen molar-refractivity contribution >= 4 is 46.0 Å². The quantitative estimate of drug-likeness (QED) is 0.635. The highest BCUT2D eigenvalue weighted by Crippen LogP contribution is 2.32. The first-order valence-corrected chi connectivity index (χ1v) is 11.1. The van der Waals surface area contributed by atoms with Gasteiger partial charge in [-0.25, -0.2) is 4.98 Å². The third-order valence-electron chi connectivity index (χ3n) is 6.34. The van der Waals surface area contributed by atoms with Crippen LogP contribution in [0.2, 0.25) is 0 Å². The predicted octanol–water partition coefficient (Wildman–Crippen LogP) is 3.64. The van der Waals surface area contributed by atoms with Crippen molar-refractivity contribution in [3.8, 4) is 0 Å². The van der Waals surface area contributed by atoms with Crippen LogP contribution in [-0.4, -0.2) is 61.1 Å². The number of nitrogens with one attached hydrogen (secondary N) is 1. The Bertz CT molecular complexity index is 1320. The van der Waals surface area contributed by atoms with Gasteiger partial charge in [0.05, 0.1) is 17.9 Å². The number of para-hydroxylation sites is 1. The van der Waals surface area contributed by atoms with E-state index in [1.54, 1.807) is 12.4 Å². The zero-order chi connectivity index (χ0) is 22.3. The molecule has 164 valence electrons. The van der Waals surface area contributed by atoms with Crippen LogP contribution in [0.5, 0.6) is 0 Å². The van der Waals surface area contributed by atoms with Gasteiger partial charge in [-0.1, -0.05) is 22.8 Å². The average molecular weight is 438 g/mol. The number of benzene rings is 2. The van der Waals surface area contributed by atoms with Crippen molar-refractivity contribution in [3.05, 3.63) is 73.2 Å². The van der Waals surface area contributed by atoms with E-state index in [-0.39, 0.29) is 4.59 Å². The Morgan fingerprint density at radius 2 is 1.79 bits per heavy atom. The van der Waals surface area contributed by atoms with Crippen LogP contribution in [0.4, 0.5) is 17.1 Å². The fraction of sp³-hybridized carbons (Fsp3) is 0.200. The maximum atomic E-state index is 4.94. The number of fused-ring (bicyclic) bond motifs is 2. The molecule has 8 nitrogen and oxygen atoms in total. The van der Waals surface area contributed by atoms with Crippen molar-refractivity contribution in [2.75, 3.05) is 43.4 Å². The molecule has 1 aromatic heterocycles. The van der Waals surface area contributed by atoms with Crippen molar-refractivity contribution in [2.24, 2.45) is 15.1 Å². The molecular weight excluding hydrogens is 412 g/mol. The van der Waals surface area contributed by atoms with Gasteiger partial charge in [0, 0.05) is 49.0 Å². The summed E-state index contributed by atoms with van der Waals surface area (Å²) < 4.78 is 0.114. The predicted molar refractivity (Wildman–Crippen MR) is 136 cm³/mol. The second-order valence-corrected chi connectivity index (χ2v) is 8.50. The SMILES string of the molecule is CN1CCN(c2ccc(NC3=N[N+]4(c5cnc6ccccc6c5)C=CN=CC4=N3)cc2)CC1. The number of pyridine rings is 1. The number of hydrogen-bond acceptors (Lipinski definition) is 7. The van der Waals surface area contributed by atoms with Gasteiger partial charge in [0.1, 0.15) is 6.21 Å². The van der Waals surface area contributed by atoms with Crippen molar-refractivity contribution in [1.29, 1.82) is 0 Å². The van der Waals surface area contributed by atoms with E-state index in [4.69, 9.17) is 10.1 Å². The van der Waals surface area contributed by atoms with Crippen LogP contribution in [0.3, 0.4) is 0 Å². The Balaban J connectivity index is 1.27. The highest BCUT2D eigenvalue weighted by atomic mass is 15.7. The third-order valence-corrected chi connectivity index (χ3v) is 6.34.